The van der Waals surface area contributed by atoms with Gasteiger partial charge in [-0.2, -0.15) is 0 Å². The molecule has 0 N–H and O–H groups in total. The van der Waals surface area contributed by atoms with Crippen LogP contribution in [0.1, 0.15) is 0 Å². The van der Waals surface area contributed by atoms with E-state index in [0.717, 1.165) is 11.4 Å². The molecule has 1 nitrogen and oxygen atoms in total. The van der Waals surface area contributed by atoms with E-state index in [2.05, 4.69) is 241 Å². The second-order valence-electron chi connectivity index (χ2n) is 15.2. The summed E-state index contributed by atoms with van der Waals surface area (Å²) in [6.45, 7) is 0. The molecule has 11 rings (SSSR count). The van der Waals surface area contributed by atoms with E-state index in [9.17, 15) is 0 Å². The molecule has 0 atom stereocenters. The molecule has 2 heteroatoms. The largest absolute Gasteiger partial charge is 0.309 e. The van der Waals surface area contributed by atoms with Gasteiger partial charge < -0.3 is 4.90 Å². The maximum absolute atomic E-state index is 2.43. The first-order chi connectivity index (χ1) is 29.8. The van der Waals surface area contributed by atoms with Gasteiger partial charge in [-0.1, -0.05) is 188 Å². The first-order valence-corrected chi connectivity index (χ1v) is 21.3. The number of thiophene rings is 1. The zero-order valence-corrected chi connectivity index (χ0v) is 33.7. The fraction of sp³-hybridized carbons (Fsp3) is 0. The van der Waals surface area contributed by atoms with Gasteiger partial charge in [0.15, 0.2) is 0 Å². The second-order valence-corrected chi connectivity index (χ2v) is 16.3. The quantitative estimate of drug-likeness (QED) is 0.148. The number of benzene rings is 10. The summed E-state index contributed by atoms with van der Waals surface area (Å²) in [6.07, 6.45) is 0. The van der Waals surface area contributed by atoms with Crippen molar-refractivity contribution >= 4 is 59.3 Å². The first-order valence-electron chi connectivity index (χ1n) is 20.5. The lowest BCUT2D eigenvalue weighted by molar-refractivity contribution is 1.30. The smallest absolute Gasteiger partial charge is 0.0640 e. The minimum Gasteiger partial charge on any atom is -0.309 e. The molecule has 0 amide bonds. The van der Waals surface area contributed by atoms with Gasteiger partial charge in [-0.15, -0.1) is 11.3 Å². The van der Waals surface area contributed by atoms with E-state index in [0.29, 0.717) is 0 Å². The summed E-state index contributed by atoms with van der Waals surface area (Å²) in [5, 5.41) is 5.05. The van der Waals surface area contributed by atoms with Crippen LogP contribution in [0.4, 0.5) is 17.1 Å². The molecule has 11 aromatic rings. The summed E-state index contributed by atoms with van der Waals surface area (Å²) in [4.78, 5) is 2.43. The molecule has 0 bridgehead atoms. The van der Waals surface area contributed by atoms with Crippen molar-refractivity contribution in [3.05, 3.63) is 237 Å². The van der Waals surface area contributed by atoms with Crippen molar-refractivity contribution in [2.45, 2.75) is 0 Å². The summed E-state index contributed by atoms with van der Waals surface area (Å²) < 4.78 is 2.57. The minimum absolute atomic E-state index is 1.11. The standard InChI is InChI=1S/C58H39NS/c1-3-16-40(17-4-1)48-22-9-11-24-50(48)51-25-12-10-23-49(51)42-30-34-46(35-31-42)59(56-28-15-27-53-52-26-13-14-29-57(52)60-58(53)56)47-36-32-43(33-37-47)55-39-45-21-8-7-20-44(45)38-54(55)41-18-5-2-6-19-41/h1-39H. The number of fused-ring (bicyclic) bond motifs is 4. The minimum atomic E-state index is 1.11. The van der Waals surface area contributed by atoms with Crippen LogP contribution in [0.2, 0.25) is 0 Å². The molecule has 1 heterocycles. The summed E-state index contributed by atoms with van der Waals surface area (Å²) >= 11 is 1.86. The number of anilines is 3. The first kappa shape index (κ1) is 35.6. The number of hydrogen-bond donors (Lipinski definition) is 0. The van der Waals surface area contributed by atoms with E-state index >= 15 is 0 Å². The molecule has 0 spiro atoms. The van der Waals surface area contributed by atoms with Crippen molar-refractivity contribution in [1.29, 1.82) is 0 Å². The third-order valence-electron chi connectivity index (χ3n) is 11.7. The van der Waals surface area contributed by atoms with Crippen LogP contribution in [-0.2, 0) is 0 Å². The fourth-order valence-electron chi connectivity index (χ4n) is 8.81. The predicted molar refractivity (Wildman–Crippen MR) is 259 cm³/mol. The molecular weight excluding hydrogens is 743 g/mol. The molecule has 0 aliphatic heterocycles. The maximum atomic E-state index is 2.43. The van der Waals surface area contributed by atoms with E-state index in [-0.39, 0.29) is 0 Å². The Balaban J connectivity index is 1.04. The molecule has 0 aliphatic rings. The molecule has 0 saturated carbocycles. The highest BCUT2D eigenvalue weighted by atomic mass is 32.1. The third kappa shape index (κ3) is 6.44. The Hall–Kier alpha value is -7.52. The van der Waals surface area contributed by atoms with Crippen molar-refractivity contribution < 1.29 is 0 Å². The van der Waals surface area contributed by atoms with Gasteiger partial charge in [0, 0.05) is 26.8 Å². The Morgan fingerprint density at radius 3 is 1.27 bits per heavy atom. The SMILES string of the molecule is c1ccc(-c2cc3ccccc3cc2-c2ccc(N(c3ccc(-c4ccccc4-c4ccccc4-c4ccccc4)cc3)c3cccc4c3sc3ccccc34)cc2)cc1. The number of nitrogens with zero attached hydrogens (tertiary/aromatic N) is 1. The van der Waals surface area contributed by atoms with Crippen molar-refractivity contribution in [2.24, 2.45) is 0 Å². The summed E-state index contributed by atoms with van der Waals surface area (Å²) in [7, 11) is 0. The van der Waals surface area contributed by atoms with Gasteiger partial charge in [0.2, 0.25) is 0 Å². The summed E-state index contributed by atoms with van der Waals surface area (Å²) in [5.74, 6) is 0. The molecular formula is C58H39NS. The third-order valence-corrected chi connectivity index (χ3v) is 12.9. The molecule has 1 aromatic heterocycles. The fourth-order valence-corrected chi connectivity index (χ4v) is 10.0. The van der Waals surface area contributed by atoms with Crippen LogP contribution in [0.5, 0.6) is 0 Å². The van der Waals surface area contributed by atoms with Gasteiger partial charge in [-0.25, -0.2) is 0 Å². The summed E-state index contributed by atoms with van der Waals surface area (Å²) in [6, 6.07) is 86.1. The van der Waals surface area contributed by atoms with Crippen LogP contribution >= 0.6 is 11.3 Å². The van der Waals surface area contributed by atoms with E-state index in [1.807, 2.05) is 11.3 Å². The Morgan fingerprint density at radius 2 is 0.700 bits per heavy atom. The molecule has 0 radical (unpaired) electrons. The van der Waals surface area contributed by atoms with E-state index < -0.39 is 0 Å². The lowest BCUT2D eigenvalue weighted by Gasteiger charge is -2.27. The van der Waals surface area contributed by atoms with Crippen molar-refractivity contribution in [2.75, 3.05) is 4.90 Å². The Kier molecular flexibility index (Phi) is 9.11. The van der Waals surface area contributed by atoms with Crippen molar-refractivity contribution in [3.8, 4) is 55.6 Å². The monoisotopic (exact) mass is 781 g/mol. The van der Waals surface area contributed by atoms with Crippen LogP contribution in [0.3, 0.4) is 0 Å². The van der Waals surface area contributed by atoms with Gasteiger partial charge >= 0.3 is 0 Å². The van der Waals surface area contributed by atoms with Gasteiger partial charge in [-0.3, -0.25) is 0 Å². The lowest BCUT2D eigenvalue weighted by atomic mass is 9.89. The highest BCUT2D eigenvalue weighted by Crippen LogP contribution is 2.46. The lowest BCUT2D eigenvalue weighted by Crippen LogP contribution is -2.10. The number of hydrogen-bond acceptors (Lipinski definition) is 2. The van der Waals surface area contributed by atoms with Crippen LogP contribution in [0.15, 0.2) is 237 Å². The average Bonchev–Trinajstić information content (AvgIpc) is 3.72. The van der Waals surface area contributed by atoms with Crippen LogP contribution in [0, 0.1) is 0 Å². The van der Waals surface area contributed by atoms with Gasteiger partial charge in [-0.05, 0) is 115 Å². The van der Waals surface area contributed by atoms with E-state index in [1.54, 1.807) is 0 Å². The zero-order valence-electron chi connectivity index (χ0n) is 32.9. The second kappa shape index (κ2) is 15.3. The van der Waals surface area contributed by atoms with Gasteiger partial charge in [0.05, 0.1) is 10.4 Å². The zero-order chi connectivity index (χ0) is 39.8. The van der Waals surface area contributed by atoms with Crippen LogP contribution in [-0.4, -0.2) is 0 Å². The molecule has 0 fully saturated rings. The highest BCUT2D eigenvalue weighted by molar-refractivity contribution is 7.26. The van der Waals surface area contributed by atoms with E-state index in [4.69, 9.17) is 0 Å². The van der Waals surface area contributed by atoms with Crippen molar-refractivity contribution in [1.82, 2.24) is 0 Å². The van der Waals surface area contributed by atoms with Crippen molar-refractivity contribution in [3.63, 3.8) is 0 Å². The molecule has 10 aromatic carbocycles. The Bertz CT molecular complexity index is 3290. The van der Waals surface area contributed by atoms with Gasteiger partial charge in [0.25, 0.3) is 0 Å². The predicted octanol–water partition coefficient (Wildman–Crippen LogP) is 17.0. The molecule has 0 aliphatic carbocycles. The number of rotatable bonds is 8. The summed E-state index contributed by atoms with van der Waals surface area (Å²) in [5.41, 5.74) is 15.5. The van der Waals surface area contributed by atoms with Crippen LogP contribution in [0.25, 0.3) is 86.6 Å². The topological polar surface area (TPSA) is 3.24 Å². The van der Waals surface area contributed by atoms with E-state index in [1.165, 1.54) is 92.3 Å². The Morgan fingerprint density at radius 1 is 0.283 bits per heavy atom. The van der Waals surface area contributed by atoms with Crippen LogP contribution < -0.4 is 4.90 Å². The molecule has 0 unspecified atom stereocenters. The normalized spacial score (nSPS) is 11.3. The van der Waals surface area contributed by atoms with Gasteiger partial charge in [0.1, 0.15) is 0 Å². The molecule has 60 heavy (non-hydrogen) atoms. The Labute approximate surface area is 354 Å². The average molecular weight is 782 g/mol. The molecule has 0 saturated heterocycles. The maximum Gasteiger partial charge on any atom is 0.0640 e. The highest BCUT2D eigenvalue weighted by Gasteiger charge is 2.20. The molecule has 282 valence electrons.